The molecule has 2 aromatic heterocycles. The van der Waals surface area contributed by atoms with E-state index in [4.69, 9.17) is 10.3 Å². The summed E-state index contributed by atoms with van der Waals surface area (Å²) in [4.78, 5) is 8.04. The topological polar surface area (TPSA) is 102 Å². The maximum Gasteiger partial charge on any atom is 0.214 e. The van der Waals surface area contributed by atoms with Crippen molar-refractivity contribution in [3.05, 3.63) is 41.6 Å². The fourth-order valence-electron chi connectivity index (χ4n) is 1.56. The van der Waals surface area contributed by atoms with Gasteiger partial charge in [-0.3, -0.25) is 5.43 Å². The molecule has 3 aromatic rings. The van der Waals surface area contributed by atoms with Crippen LogP contribution in [0.4, 0.5) is 10.9 Å². The van der Waals surface area contributed by atoms with E-state index in [1.54, 1.807) is 11.6 Å². The van der Waals surface area contributed by atoms with Gasteiger partial charge in [0, 0.05) is 10.9 Å². The molecular weight excluding hydrogens is 276 g/mol. The van der Waals surface area contributed by atoms with Crippen LogP contribution in [-0.4, -0.2) is 21.3 Å². The Morgan fingerprint density at radius 1 is 1.40 bits per heavy atom. The van der Waals surface area contributed by atoms with E-state index >= 15 is 0 Å². The van der Waals surface area contributed by atoms with Crippen molar-refractivity contribution in [1.29, 1.82) is 0 Å². The van der Waals surface area contributed by atoms with Crippen molar-refractivity contribution in [1.82, 2.24) is 15.1 Å². The molecule has 0 amide bonds. The van der Waals surface area contributed by atoms with Crippen molar-refractivity contribution in [2.45, 2.75) is 0 Å². The summed E-state index contributed by atoms with van der Waals surface area (Å²) in [5, 5.41) is 10.3. The molecule has 3 rings (SSSR count). The molecule has 0 saturated carbocycles. The van der Waals surface area contributed by atoms with Gasteiger partial charge in [0.2, 0.25) is 17.3 Å². The molecule has 0 aliphatic carbocycles. The fraction of sp³-hybridized carbons (Fsp3) is 0. The number of nitrogen functional groups attached to an aromatic ring is 1. The maximum atomic E-state index is 5.52. The highest BCUT2D eigenvalue weighted by molar-refractivity contribution is 7.14. The second-order valence-electron chi connectivity index (χ2n) is 3.83. The number of hydrogen-bond acceptors (Lipinski definition) is 8. The van der Waals surface area contributed by atoms with E-state index in [-0.39, 0.29) is 0 Å². The number of aromatic nitrogens is 3. The molecule has 3 N–H and O–H groups in total. The lowest BCUT2D eigenvalue weighted by Gasteiger charge is -1.97. The minimum atomic E-state index is 0.479. The Morgan fingerprint density at radius 2 is 2.35 bits per heavy atom. The zero-order valence-electron chi connectivity index (χ0n) is 10.2. The lowest BCUT2D eigenvalue weighted by Crippen LogP contribution is -1.91. The quantitative estimate of drug-likeness (QED) is 0.563. The van der Waals surface area contributed by atoms with Crippen molar-refractivity contribution in [2.75, 3.05) is 11.2 Å². The SMILES string of the molecule is Nc1csc(NN=Cc2cccc(-c3ncon3)c2)n1. The first kappa shape index (κ1) is 12.3. The predicted octanol–water partition coefficient (Wildman–Crippen LogP) is 2.22. The molecule has 8 heteroatoms. The first-order valence-corrected chi connectivity index (χ1v) is 6.56. The highest BCUT2D eigenvalue weighted by atomic mass is 32.1. The molecule has 100 valence electrons. The number of hydrogen-bond donors (Lipinski definition) is 2. The number of nitrogens with zero attached hydrogens (tertiary/aromatic N) is 4. The summed E-state index contributed by atoms with van der Waals surface area (Å²) >= 11 is 1.39. The van der Waals surface area contributed by atoms with Gasteiger partial charge < -0.3 is 10.3 Å². The van der Waals surface area contributed by atoms with Gasteiger partial charge in [0.25, 0.3) is 0 Å². The van der Waals surface area contributed by atoms with E-state index in [1.807, 2.05) is 24.3 Å². The Kier molecular flexibility index (Phi) is 3.38. The molecule has 0 bridgehead atoms. The summed E-state index contributed by atoms with van der Waals surface area (Å²) in [6.45, 7) is 0. The third-order valence-electron chi connectivity index (χ3n) is 2.40. The molecule has 7 nitrogen and oxygen atoms in total. The van der Waals surface area contributed by atoms with Crippen LogP contribution < -0.4 is 11.2 Å². The van der Waals surface area contributed by atoms with Crippen LogP contribution in [-0.2, 0) is 0 Å². The second-order valence-corrected chi connectivity index (χ2v) is 4.69. The van der Waals surface area contributed by atoms with E-state index in [1.165, 1.54) is 17.7 Å². The number of anilines is 2. The Hall–Kier alpha value is -2.74. The van der Waals surface area contributed by atoms with Crippen LogP contribution >= 0.6 is 11.3 Å². The normalized spacial score (nSPS) is 11.0. The molecule has 0 saturated heterocycles. The zero-order valence-corrected chi connectivity index (χ0v) is 11.0. The van der Waals surface area contributed by atoms with Gasteiger partial charge in [0.1, 0.15) is 5.82 Å². The highest BCUT2D eigenvalue weighted by Crippen LogP contribution is 2.17. The molecule has 1 aromatic carbocycles. The predicted molar refractivity (Wildman–Crippen MR) is 77.5 cm³/mol. The number of nitrogens with one attached hydrogen (secondary N) is 1. The molecule has 0 fully saturated rings. The van der Waals surface area contributed by atoms with Gasteiger partial charge in [0.05, 0.1) is 6.21 Å². The van der Waals surface area contributed by atoms with Crippen LogP contribution in [0.2, 0.25) is 0 Å². The van der Waals surface area contributed by atoms with Crippen molar-refractivity contribution in [3.63, 3.8) is 0 Å². The first-order valence-electron chi connectivity index (χ1n) is 5.68. The van der Waals surface area contributed by atoms with E-state index in [2.05, 4.69) is 25.7 Å². The Balaban J connectivity index is 1.73. The first-order chi connectivity index (χ1) is 9.81. The third kappa shape index (κ3) is 2.81. The van der Waals surface area contributed by atoms with Crippen LogP contribution in [0.1, 0.15) is 5.56 Å². The minimum absolute atomic E-state index is 0.479. The van der Waals surface area contributed by atoms with Crippen molar-refractivity contribution >= 4 is 28.5 Å². The molecule has 0 radical (unpaired) electrons. The molecule has 20 heavy (non-hydrogen) atoms. The van der Waals surface area contributed by atoms with Gasteiger partial charge in [-0.2, -0.15) is 10.1 Å². The van der Waals surface area contributed by atoms with Gasteiger partial charge >= 0.3 is 0 Å². The molecule has 0 aliphatic heterocycles. The highest BCUT2D eigenvalue weighted by Gasteiger charge is 2.02. The lowest BCUT2D eigenvalue weighted by molar-refractivity contribution is 0.419. The number of thiazole rings is 1. The Bertz CT molecular complexity index is 721. The fourth-order valence-corrected chi connectivity index (χ4v) is 2.10. The number of nitrogens with two attached hydrogens (primary N) is 1. The average Bonchev–Trinajstić information content (AvgIpc) is 3.11. The lowest BCUT2D eigenvalue weighted by atomic mass is 10.1. The molecular formula is C12H10N6OS. The monoisotopic (exact) mass is 286 g/mol. The number of hydrazone groups is 1. The van der Waals surface area contributed by atoms with Crippen molar-refractivity contribution in [2.24, 2.45) is 5.10 Å². The standard InChI is InChI=1S/C12H10N6OS/c13-10-6-20-12(16-10)17-15-5-8-2-1-3-9(4-8)11-14-7-19-18-11/h1-7H,13H2,(H,16,17). The van der Waals surface area contributed by atoms with Gasteiger partial charge in [-0.1, -0.05) is 23.4 Å². The third-order valence-corrected chi connectivity index (χ3v) is 3.17. The number of rotatable bonds is 4. The maximum absolute atomic E-state index is 5.52. The zero-order chi connectivity index (χ0) is 13.8. The van der Waals surface area contributed by atoms with Crippen LogP contribution in [0.25, 0.3) is 11.4 Å². The van der Waals surface area contributed by atoms with Crippen LogP contribution in [0.15, 0.2) is 45.7 Å². The Labute approximate surface area is 118 Å². The Morgan fingerprint density at radius 3 is 3.10 bits per heavy atom. The van der Waals surface area contributed by atoms with Crippen LogP contribution in [0.5, 0.6) is 0 Å². The molecule has 0 atom stereocenters. The summed E-state index contributed by atoms with van der Waals surface area (Å²) in [6.07, 6.45) is 2.98. The average molecular weight is 286 g/mol. The number of benzene rings is 1. The van der Waals surface area contributed by atoms with Gasteiger partial charge in [0.15, 0.2) is 0 Å². The van der Waals surface area contributed by atoms with Gasteiger partial charge in [-0.25, -0.2) is 4.98 Å². The second kappa shape index (κ2) is 5.49. The van der Waals surface area contributed by atoms with Crippen molar-refractivity contribution in [3.8, 4) is 11.4 Å². The van der Waals surface area contributed by atoms with E-state index in [9.17, 15) is 0 Å². The van der Waals surface area contributed by atoms with Gasteiger partial charge in [-0.15, -0.1) is 11.3 Å². The summed E-state index contributed by atoms with van der Waals surface area (Å²) < 4.78 is 4.72. The largest absolute Gasteiger partial charge is 0.383 e. The molecule has 0 unspecified atom stereocenters. The molecule has 2 heterocycles. The summed E-state index contributed by atoms with van der Waals surface area (Å²) in [5.74, 6) is 1.02. The minimum Gasteiger partial charge on any atom is -0.383 e. The summed E-state index contributed by atoms with van der Waals surface area (Å²) in [5.41, 5.74) is 10.1. The van der Waals surface area contributed by atoms with E-state index in [0.29, 0.717) is 16.8 Å². The molecule has 0 spiro atoms. The molecule has 0 aliphatic rings. The summed E-state index contributed by atoms with van der Waals surface area (Å²) in [7, 11) is 0. The van der Waals surface area contributed by atoms with E-state index < -0.39 is 0 Å². The van der Waals surface area contributed by atoms with Crippen LogP contribution in [0.3, 0.4) is 0 Å². The van der Waals surface area contributed by atoms with Crippen LogP contribution in [0, 0.1) is 0 Å². The smallest absolute Gasteiger partial charge is 0.214 e. The van der Waals surface area contributed by atoms with E-state index in [0.717, 1.165) is 11.1 Å². The van der Waals surface area contributed by atoms with Gasteiger partial charge in [-0.05, 0) is 11.6 Å². The summed E-state index contributed by atoms with van der Waals surface area (Å²) in [6, 6.07) is 7.63. The van der Waals surface area contributed by atoms with Crippen molar-refractivity contribution < 1.29 is 4.52 Å².